The first kappa shape index (κ1) is 16.0. The SMILES string of the molecule is COc1ccc(Cl)cc1NC(=O)c1nnn(-c2ccccc2)c1C. The number of halogens is 1. The number of aromatic nitrogens is 3. The Morgan fingerprint density at radius 2 is 1.96 bits per heavy atom. The highest BCUT2D eigenvalue weighted by Gasteiger charge is 2.18. The van der Waals surface area contributed by atoms with E-state index in [1.807, 2.05) is 30.3 Å². The number of hydrogen-bond donors (Lipinski definition) is 1. The van der Waals surface area contributed by atoms with E-state index in [1.54, 1.807) is 29.8 Å². The number of methoxy groups -OCH3 is 1. The zero-order valence-corrected chi connectivity index (χ0v) is 13.9. The molecule has 6 nitrogen and oxygen atoms in total. The van der Waals surface area contributed by atoms with E-state index in [9.17, 15) is 4.79 Å². The molecule has 122 valence electrons. The Labute approximate surface area is 144 Å². The Kier molecular flexibility index (Phi) is 4.48. The lowest BCUT2D eigenvalue weighted by Crippen LogP contribution is -2.15. The second-order valence-electron chi connectivity index (χ2n) is 5.07. The summed E-state index contributed by atoms with van der Waals surface area (Å²) < 4.78 is 6.84. The molecule has 1 amide bonds. The van der Waals surface area contributed by atoms with Crippen LogP contribution in [0.1, 0.15) is 16.2 Å². The molecule has 0 bridgehead atoms. The van der Waals surface area contributed by atoms with Crippen molar-refractivity contribution in [1.29, 1.82) is 0 Å². The van der Waals surface area contributed by atoms with E-state index in [1.165, 1.54) is 7.11 Å². The molecular weight excluding hydrogens is 328 g/mol. The Hall–Kier alpha value is -2.86. The highest BCUT2D eigenvalue weighted by atomic mass is 35.5. The first-order valence-electron chi connectivity index (χ1n) is 7.23. The molecule has 0 aliphatic rings. The zero-order chi connectivity index (χ0) is 17.1. The molecular formula is C17H15ClN4O2. The number of ether oxygens (including phenoxy) is 1. The lowest BCUT2D eigenvalue weighted by molar-refractivity contribution is 0.102. The van der Waals surface area contributed by atoms with Gasteiger partial charge in [0.25, 0.3) is 5.91 Å². The molecule has 7 heteroatoms. The highest BCUT2D eigenvalue weighted by Crippen LogP contribution is 2.28. The van der Waals surface area contributed by atoms with Crippen LogP contribution in [0.5, 0.6) is 5.75 Å². The summed E-state index contributed by atoms with van der Waals surface area (Å²) in [5.74, 6) is 0.135. The van der Waals surface area contributed by atoms with Gasteiger partial charge in [0.05, 0.1) is 24.2 Å². The molecule has 0 atom stereocenters. The van der Waals surface area contributed by atoms with Crippen LogP contribution >= 0.6 is 11.6 Å². The van der Waals surface area contributed by atoms with Gasteiger partial charge in [0.1, 0.15) is 5.75 Å². The summed E-state index contributed by atoms with van der Waals surface area (Å²) in [4.78, 5) is 12.5. The molecule has 0 aliphatic heterocycles. The molecule has 0 saturated heterocycles. The number of carbonyl (C=O) groups excluding carboxylic acids is 1. The van der Waals surface area contributed by atoms with E-state index in [0.717, 1.165) is 5.69 Å². The van der Waals surface area contributed by atoms with Gasteiger partial charge in [-0.05, 0) is 37.3 Å². The van der Waals surface area contributed by atoms with Gasteiger partial charge >= 0.3 is 0 Å². The molecule has 0 saturated carbocycles. The van der Waals surface area contributed by atoms with Crippen LogP contribution in [0, 0.1) is 6.92 Å². The molecule has 0 aliphatic carbocycles. The zero-order valence-electron chi connectivity index (χ0n) is 13.2. The average Bonchev–Trinajstić information content (AvgIpc) is 2.97. The number of amides is 1. The van der Waals surface area contributed by atoms with Crippen LogP contribution in [0.4, 0.5) is 5.69 Å². The van der Waals surface area contributed by atoms with Crippen LogP contribution in [0.3, 0.4) is 0 Å². The number of para-hydroxylation sites is 1. The predicted octanol–water partition coefficient (Wildman–Crippen LogP) is 3.49. The van der Waals surface area contributed by atoms with Crippen molar-refractivity contribution in [2.45, 2.75) is 6.92 Å². The fourth-order valence-electron chi connectivity index (χ4n) is 2.31. The van der Waals surface area contributed by atoms with Crippen LogP contribution in [0.25, 0.3) is 5.69 Å². The standard InChI is InChI=1S/C17H15ClN4O2/c1-11-16(20-21-22(11)13-6-4-3-5-7-13)17(23)19-14-10-12(18)8-9-15(14)24-2/h3-10H,1-2H3,(H,19,23). The Bertz CT molecular complexity index is 878. The van der Waals surface area contributed by atoms with Gasteiger partial charge in [-0.2, -0.15) is 0 Å². The van der Waals surface area contributed by atoms with Crippen LogP contribution in [0.15, 0.2) is 48.5 Å². The van der Waals surface area contributed by atoms with Crippen LogP contribution in [-0.4, -0.2) is 28.0 Å². The van der Waals surface area contributed by atoms with Gasteiger partial charge in [-0.25, -0.2) is 4.68 Å². The maximum atomic E-state index is 12.5. The first-order chi connectivity index (χ1) is 11.6. The van der Waals surface area contributed by atoms with Gasteiger partial charge in [0.2, 0.25) is 0 Å². The van der Waals surface area contributed by atoms with Gasteiger partial charge in [0, 0.05) is 5.02 Å². The number of nitrogens with one attached hydrogen (secondary N) is 1. The number of nitrogens with zero attached hydrogens (tertiary/aromatic N) is 3. The minimum absolute atomic E-state index is 0.237. The van der Waals surface area contributed by atoms with E-state index < -0.39 is 0 Å². The molecule has 1 N–H and O–H groups in total. The van der Waals surface area contributed by atoms with Gasteiger partial charge < -0.3 is 10.1 Å². The van der Waals surface area contributed by atoms with Crippen molar-refractivity contribution in [2.75, 3.05) is 12.4 Å². The largest absolute Gasteiger partial charge is 0.495 e. The van der Waals surface area contributed by atoms with E-state index in [-0.39, 0.29) is 11.6 Å². The Morgan fingerprint density at radius 1 is 1.21 bits per heavy atom. The van der Waals surface area contributed by atoms with Gasteiger partial charge in [-0.15, -0.1) is 5.10 Å². The molecule has 3 rings (SSSR count). The maximum Gasteiger partial charge on any atom is 0.278 e. The number of anilines is 1. The fourth-order valence-corrected chi connectivity index (χ4v) is 2.48. The number of benzene rings is 2. The lowest BCUT2D eigenvalue weighted by atomic mass is 10.2. The third-order valence-electron chi connectivity index (χ3n) is 3.52. The quantitative estimate of drug-likeness (QED) is 0.788. The van der Waals surface area contributed by atoms with Gasteiger partial charge in [-0.3, -0.25) is 4.79 Å². The Morgan fingerprint density at radius 3 is 2.67 bits per heavy atom. The van der Waals surface area contributed by atoms with Crippen LogP contribution in [-0.2, 0) is 0 Å². The first-order valence-corrected chi connectivity index (χ1v) is 7.60. The van der Waals surface area contributed by atoms with E-state index >= 15 is 0 Å². The predicted molar refractivity (Wildman–Crippen MR) is 92.1 cm³/mol. The summed E-state index contributed by atoms with van der Waals surface area (Å²) >= 11 is 5.98. The van der Waals surface area contributed by atoms with Gasteiger partial charge in [0.15, 0.2) is 5.69 Å². The van der Waals surface area contributed by atoms with Crippen LogP contribution in [0.2, 0.25) is 5.02 Å². The molecule has 1 aromatic heterocycles. The molecule has 2 aromatic carbocycles. The molecule has 3 aromatic rings. The van der Waals surface area contributed by atoms with Gasteiger partial charge in [-0.1, -0.05) is 35.0 Å². The van der Waals surface area contributed by atoms with Crippen LogP contribution < -0.4 is 10.1 Å². The summed E-state index contributed by atoms with van der Waals surface area (Å²) in [6.45, 7) is 1.79. The summed E-state index contributed by atoms with van der Waals surface area (Å²) in [5.41, 5.74) is 2.19. The summed E-state index contributed by atoms with van der Waals surface area (Å²) in [6.07, 6.45) is 0. The van der Waals surface area contributed by atoms with E-state index in [2.05, 4.69) is 15.6 Å². The number of carbonyl (C=O) groups is 1. The van der Waals surface area contributed by atoms with Crippen molar-refractivity contribution in [1.82, 2.24) is 15.0 Å². The minimum Gasteiger partial charge on any atom is -0.495 e. The van der Waals surface area contributed by atoms with Crippen molar-refractivity contribution >= 4 is 23.2 Å². The minimum atomic E-state index is -0.379. The van der Waals surface area contributed by atoms with Crippen molar-refractivity contribution in [2.24, 2.45) is 0 Å². The van der Waals surface area contributed by atoms with Crippen molar-refractivity contribution in [3.05, 3.63) is 64.9 Å². The summed E-state index contributed by atoms with van der Waals surface area (Å²) in [5, 5.41) is 11.3. The smallest absolute Gasteiger partial charge is 0.278 e. The molecule has 0 fully saturated rings. The lowest BCUT2D eigenvalue weighted by Gasteiger charge is -2.10. The molecule has 0 radical (unpaired) electrons. The fraction of sp³-hybridized carbons (Fsp3) is 0.118. The van der Waals surface area contributed by atoms with E-state index in [4.69, 9.17) is 16.3 Å². The second kappa shape index (κ2) is 6.72. The summed E-state index contributed by atoms with van der Waals surface area (Å²) in [6, 6.07) is 14.5. The normalized spacial score (nSPS) is 10.5. The van der Waals surface area contributed by atoms with Crippen molar-refractivity contribution in [3.63, 3.8) is 0 Å². The number of rotatable bonds is 4. The molecule has 24 heavy (non-hydrogen) atoms. The topological polar surface area (TPSA) is 69.0 Å². The average molecular weight is 343 g/mol. The van der Waals surface area contributed by atoms with Crippen molar-refractivity contribution in [3.8, 4) is 11.4 Å². The monoisotopic (exact) mass is 342 g/mol. The molecule has 0 unspecified atom stereocenters. The summed E-state index contributed by atoms with van der Waals surface area (Å²) in [7, 11) is 1.52. The third-order valence-corrected chi connectivity index (χ3v) is 3.76. The van der Waals surface area contributed by atoms with E-state index in [0.29, 0.717) is 22.2 Å². The number of hydrogen-bond acceptors (Lipinski definition) is 4. The molecule has 0 spiro atoms. The highest BCUT2D eigenvalue weighted by molar-refractivity contribution is 6.31. The molecule has 1 heterocycles. The van der Waals surface area contributed by atoms with Crippen molar-refractivity contribution < 1.29 is 9.53 Å². The third kappa shape index (κ3) is 3.09. The maximum absolute atomic E-state index is 12.5. The second-order valence-corrected chi connectivity index (χ2v) is 5.51. The Balaban J connectivity index is 1.89.